The molecule has 0 aliphatic carbocycles. The molecule has 3 nitrogen and oxygen atoms in total. The van der Waals surface area contributed by atoms with E-state index >= 15 is 0 Å². The van der Waals surface area contributed by atoms with Gasteiger partial charge in [0.15, 0.2) is 17.8 Å². The monoisotopic (exact) mass is 304 g/mol. The van der Waals surface area contributed by atoms with Crippen LogP contribution in [0.1, 0.15) is 26.7 Å². The van der Waals surface area contributed by atoms with E-state index in [0.717, 1.165) is 10.0 Å². The molecule has 0 atom stereocenters. The van der Waals surface area contributed by atoms with Crippen LogP contribution < -0.4 is 0 Å². The first-order valence-corrected chi connectivity index (χ1v) is 6.01. The van der Waals surface area contributed by atoms with Crippen LogP contribution in [0.5, 0.6) is 0 Å². The summed E-state index contributed by atoms with van der Waals surface area (Å²) < 4.78 is 6.01. The van der Waals surface area contributed by atoms with E-state index in [-0.39, 0.29) is 17.3 Å². The van der Waals surface area contributed by atoms with Gasteiger partial charge in [0.25, 0.3) is 0 Å². The summed E-state index contributed by atoms with van der Waals surface area (Å²) in [5, 5.41) is 0. The van der Waals surface area contributed by atoms with Crippen molar-refractivity contribution in [2.75, 3.05) is 0 Å². The van der Waals surface area contributed by atoms with E-state index in [1.165, 1.54) is 18.2 Å². The molecule has 0 saturated heterocycles. The van der Waals surface area contributed by atoms with Gasteiger partial charge in [0.05, 0.1) is 0 Å². The molecular weight excluding hydrogens is 296 g/mol. The molecule has 0 aliphatic rings. The van der Waals surface area contributed by atoms with Gasteiger partial charge in [0, 0.05) is 4.47 Å². The van der Waals surface area contributed by atoms with Gasteiger partial charge >= 0.3 is 0 Å². The second kappa shape index (κ2) is 5.60. The summed E-state index contributed by atoms with van der Waals surface area (Å²) in [5.74, 6) is 0.0341. The van der Waals surface area contributed by atoms with E-state index in [1.54, 1.807) is 6.08 Å². The molecule has 0 spiro atoms. The maximum atomic E-state index is 11.7. The number of aldehydes is 1. The molecule has 4 heteroatoms. The zero-order chi connectivity index (χ0) is 13.0. The highest BCUT2D eigenvalue weighted by Crippen LogP contribution is 2.12. The first-order chi connectivity index (χ1) is 8.69. The Labute approximate surface area is 112 Å². The van der Waals surface area contributed by atoms with E-state index in [4.69, 9.17) is 4.42 Å². The zero-order valence-corrected chi connectivity index (χ0v) is 10.9. The van der Waals surface area contributed by atoms with Crippen LogP contribution >= 0.6 is 15.9 Å². The van der Waals surface area contributed by atoms with Crippen LogP contribution in [0.4, 0.5) is 0 Å². The first-order valence-electron chi connectivity index (χ1n) is 5.22. The van der Waals surface area contributed by atoms with Crippen molar-refractivity contribution in [3.05, 3.63) is 64.0 Å². The number of benzene rings is 1. The van der Waals surface area contributed by atoms with Gasteiger partial charge in [-0.3, -0.25) is 9.59 Å². The SMILES string of the molecule is O=Cc1ccc(C(=O)/C=C/c2ccc(Br)cc2)o1. The number of hydrogen-bond donors (Lipinski definition) is 0. The second-order valence-electron chi connectivity index (χ2n) is 3.57. The molecule has 0 unspecified atom stereocenters. The van der Waals surface area contributed by atoms with Crippen LogP contribution in [0.3, 0.4) is 0 Å². The van der Waals surface area contributed by atoms with Crippen molar-refractivity contribution in [3.8, 4) is 0 Å². The Morgan fingerprint density at radius 3 is 2.44 bits per heavy atom. The molecule has 1 aromatic carbocycles. The van der Waals surface area contributed by atoms with E-state index < -0.39 is 0 Å². The van der Waals surface area contributed by atoms with Crippen LogP contribution in [0.25, 0.3) is 6.08 Å². The average Bonchev–Trinajstić information content (AvgIpc) is 2.86. The highest BCUT2D eigenvalue weighted by molar-refractivity contribution is 9.10. The summed E-state index contributed by atoms with van der Waals surface area (Å²) in [6, 6.07) is 10.5. The van der Waals surface area contributed by atoms with Crippen molar-refractivity contribution in [1.82, 2.24) is 0 Å². The summed E-state index contributed by atoms with van der Waals surface area (Å²) in [6.07, 6.45) is 3.67. The summed E-state index contributed by atoms with van der Waals surface area (Å²) >= 11 is 3.33. The molecule has 2 rings (SSSR count). The number of carbonyl (C=O) groups is 2. The van der Waals surface area contributed by atoms with Gasteiger partial charge in [-0.1, -0.05) is 34.1 Å². The van der Waals surface area contributed by atoms with Gasteiger partial charge < -0.3 is 4.42 Å². The fourth-order valence-electron chi connectivity index (χ4n) is 1.38. The number of furan rings is 1. The van der Waals surface area contributed by atoms with Gasteiger partial charge in [-0.15, -0.1) is 0 Å². The third kappa shape index (κ3) is 3.05. The Morgan fingerprint density at radius 2 is 1.83 bits per heavy atom. The van der Waals surface area contributed by atoms with Crippen molar-refractivity contribution < 1.29 is 14.0 Å². The topological polar surface area (TPSA) is 47.3 Å². The minimum absolute atomic E-state index is 0.149. The minimum Gasteiger partial charge on any atom is -0.450 e. The van der Waals surface area contributed by atoms with Gasteiger partial charge in [-0.2, -0.15) is 0 Å². The van der Waals surface area contributed by atoms with Crippen molar-refractivity contribution >= 4 is 34.1 Å². The zero-order valence-electron chi connectivity index (χ0n) is 9.30. The summed E-state index contributed by atoms with van der Waals surface area (Å²) in [6.45, 7) is 0. The Balaban J connectivity index is 2.11. The summed E-state index contributed by atoms with van der Waals surface area (Å²) in [4.78, 5) is 22.1. The van der Waals surface area contributed by atoms with E-state index in [2.05, 4.69) is 15.9 Å². The third-order valence-electron chi connectivity index (χ3n) is 2.28. The number of halogens is 1. The minimum atomic E-state index is -0.272. The van der Waals surface area contributed by atoms with E-state index in [1.807, 2.05) is 24.3 Å². The van der Waals surface area contributed by atoms with Crippen LogP contribution in [-0.4, -0.2) is 12.1 Å². The molecule has 1 heterocycles. The largest absolute Gasteiger partial charge is 0.450 e. The van der Waals surface area contributed by atoms with Crippen molar-refractivity contribution in [2.24, 2.45) is 0 Å². The number of rotatable bonds is 4. The third-order valence-corrected chi connectivity index (χ3v) is 2.81. The average molecular weight is 305 g/mol. The molecule has 0 N–H and O–H groups in total. The summed E-state index contributed by atoms with van der Waals surface area (Å²) in [5.41, 5.74) is 0.911. The maximum absolute atomic E-state index is 11.7. The fraction of sp³-hybridized carbons (Fsp3) is 0. The normalized spacial score (nSPS) is 10.7. The van der Waals surface area contributed by atoms with E-state index in [0.29, 0.717) is 6.29 Å². The molecular formula is C14H9BrO3. The van der Waals surface area contributed by atoms with Crippen molar-refractivity contribution in [1.29, 1.82) is 0 Å². The van der Waals surface area contributed by atoms with Crippen LogP contribution in [0.15, 0.2) is 51.4 Å². The molecule has 0 radical (unpaired) electrons. The lowest BCUT2D eigenvalue weighted by Crippen LogP contribution is -1.90. The van der Waals surface area contributed by atoms with Gasteiger partial charge in [-0.05, 0) is 35.9 Å². The molecule has 18 heavy (non-hydrogen) atoms. The molecule has 1 aromatic heterocycles. The van der Waals surface area contributed by atoms with Crippen molar-refractivity contribution in [3.63, 3.8) is 0 Å². The predicted molar refractivity (Wildman–Crippen MR) is 71.6 cm³/mol. The molecule has 0 amide bonds. The molecule has 2 aromatic rings. The molecule has 0 saturated carbocycles. The first kappa shape index (κ1) is 12.5. The fourth-order valence-corrected chi connectivity index (χ4v) is 1.64. The van der Waals surface area contributed by atoms with Crippen LogP contribution in [-0.2, 0) is 0 Å². The number of hydrogen-bond acceptors (Lipinski definition) is 3. The Hall–Kier alpha value is -1.94. The standard InChI is InChI=1S/C14H9BrO3/c15-11-4-1-10(2-5-11)3-7-13(17)14-8-6-12(9-16)18-14/h1-9H/b7-3+. The van der Waals surface area contributed by atoms with Gasteiger partial charge in [0.1, 0.15) is 0 Å². The van der Waals surface area contributed by atoms with Crippen LogP contribution in [0.2, 0.25) is 0 Å². The highest BCUT2D eigenvalue weighted by atomic mass is 79.9. The second-order valence-corrected chi connectivity index (χ2v) is 4.48. The smallest absolute Gasteiger partial charge is 0.221 e. The predicted octanol–water partition coefficient (Wildman–Crippen LogP) is 3.75. The van der Waals surface area contributed by atoms with Crippen molar-refractivity contribution in [2.45, 2.75) is 0 Å². The Bertz CT molecular complexity index is 594. The highest BCUT2D eigenvalue weighted by Gasteiger charge is 2.07. The van der Waals surface area contributed by atoms with Crippen LogP contribution in [0, 0.1) is 0 Å². The Kier molecular flexibility index (Phi) is 3.89. The summed E-state index contributed by atoms with van der Waals surface area (Å²) in [7, 11) is 0. The number of allylic oxidation sites excluding steroid dienone is 1. The lowest BCUT2D eigenvalue weighted by Gasteiger charge is -1.93. The number of carbonyl (C=O) groups excluding carboxylic acids is 2. The lowest BCUT2D eigenvalue weighted by molar-refractivity contribution is 0.101. The lowest BCUT2D eigenvalue weighted by atomic mass is 10.2. The van der Waals surface area contributed by atoms with Gasteiger partial charge in [0.2, 0.25) is 5.78 Å². The molecule has 90 valence electrons. The molecule has 0 bridgehead atoms. The van der Waals surface area contributed by atoms with Gasteiger partial charge in [-0.25, -0.2) is 0 Å². The molecule has 0 fully saturated rings. The number of ketones is 1. The molecule has 0 aliphatic heterocycles. The quantitative estimate of drug-likeness (QED) is 0.491. The Morgan fingerprint density at radius 1 is 1.11 bits per heavy atom. The van der Waals surface area contributed by atoms with E-state index in [9.17, 15) is 9.59 Å². The maximum Gasteiger partial charge on any atom is 0.221 e.